The summed E-state index contributed by atoms with van der Waals surface area (Å²) in [4.78, 5) is 8.62. The highest BCUT2D eigenvalue weighted by Crippen LogP contribution is 2.29. The molecule has 1 atom stereocenters. The van der Waals surface area contributed by atoms with Crippen molar-refractivity contribution >= 4 is 5.69 Å². The summed E-state index contributed by atoms with van der Waals surface area (Å²) in [6, 6.07) is 8.19. The first kappa shape index (κ1) is 18.2. The van der Waals surface area contributed by atoms with Gasteiger partial charge >= 0.3 is 0 Å². The Hall–Kier alpha value is -2.56. The summed E-state index contributed by atoms with van der Waals surface area (Å²) in [5.41, 5.74) is 1.28. The zero-order valence-corrected chi connectivity index (χ0v) is 15.2. The van der Waals surface area contributed by atoms with Crippen LogP contribution in [0.15, 0.2) is 28.8 Å². The van der Waals surface area contributed by atoms with E-state index in [0.29, 0.717) is 17.9 Å². The van der Waals surface area contributed by atoms with Crippen LogP contribution in [0.4, 0.5) is 5.69 Å². The molecule has 1 aliphatic rings. The summed E-state index contributed by atoms with van der Waals surface area (Å²) >= 11 is 0. The molecule has 3 heterocycles. The number of furan rings is 1. The molecule has 1 N–H and O–H groups in total. The van der Waals surface area contributed by atoms with E-state index >= 15 is 0 Å². The number of aromatic nitrogens is 1. The predicted molar refractivity (Wildman–Crippen MR) is 97.1 cm³/mol. The fraction of sp³-hybridized carbons (Fsp3) is 0.474. The van der Waals surface area contributed by atoms with Crippen LogP contribution < -0.4 is 9.64 Å². The molecule has 2 aromatic rings. The molecule has 2 aromatic heterocycles. The molecule has 3 rings (SSSR count). The van der Waals surface area contributed by atoms with E-state index in [4.69, 9.17) is 9.15 Å². The standard InChI is InChI=1S/C19H24N4O3/c1-14-3-4-16(26-14)13-22-8-9-23(12-15(22)6-10-24)18-5-7-21-19(25-2)17(18)11-20/h3-5,7,15,24H,6,8-10,12-13H2,1-2H3/t15-/m1/s1. The Balaban J connectivity index is 1.78. The van der Waals surface area contributed by atoms with E-state index in [1.807, 2.05) is 25.1 Å². The smallest absolute Gasteiger partial charge is 0.233 e. The number of piperazine rings is 1. The average Bonchev–Trinajstić information content (AvgIpc) is 3.07. The normalized spacial score (nSPS) is 17.9. The summed E-state index contributed by atoms with van der Waals surface area (Å²) in [5, 5.41) is 19.0. The van der Waals surface area contributed by atoms with E-state index in [1.165, 1.54) is 7.11 Å². The number of anilines is 1. The highest BCUT2D eigenvalue weighted by Gasteiger charge is 2.29. The second-order valence-electron chi connectivity index (χ2n) is 6.42. The van der Waals surface area contributed by atoms with E-state index in [2.05, 4.69) is 20.9 Å². The Morgan fingerprint density at radius 3 is 2.88 bits per heavy atom. The van der Waals surface area contributed by atoms with Crippen molar-refractivity contribution in [1.82, 2.24) is 9.88 Å². The topological polar surface area (TPSA) is 85.8 Å². The molecule has 0 aromatic carbocycles. The molecule has 0 saturated carbocycles. The van der Waals surface area contributed by atoms with E-state index in [1.54, 1.807) is 6.20 Å². The van der Waals surface area contributed by atoms with Crippen LogP contribution in [0, 0.1) is 18.3 Å². The molecule has 0 bridgehead atoms. The van der Waals surface area contributed by atoms with Gasteiger partial charge in [-0.15, -0.1) is 0 Å². The van der Waals surface area contributed by atoms with Crippen molar-refractivity contribution in [2.75, 3.05) is 38.3 Å². The van der Waals surface area contributed by atoms with Crippen molar-refractivity contribution in [2.45, 2.75) is 25.9 Å². The van der Waals surface area contributed by atoms with Gasteiger partial charge in [0.1, 0.15) is 23.2 Å². The predicted octanol–water partition coefficient (Wildman–Crippen LogP) is 1.94. The van der Waals surface area contributed by atoms with E-state index in [9.17, 15) is 10.4 Å². The minimum absolute atomic E-state index is 0.122. The van der Waals surface area contributed by atoms with Crippen LogP contribution in [0.5, 0.6) is 5.88 Å². The molecule has 1 saturated heterocycles. The summed E-state index contributed by atoms with van der Waals surface area (Å²) in [6.45, 7) is 5.10. The summed E-state index contributed by atoms with van der Waals surface area (Å²) in [7, 11) is 1.52. The minimum atomic E-state index is 0.122. The first-order valence-electron chi connectivity index (χ1n) is 8.74. The maximum absolute atomic E-state index is 9.52. The third-order valence-electron chi connectivity index (χ3n) is 4.76. The first-order valence-corrected chi connectivity index (χ1v) is 8.74. The second-order valence-corrected chi connectivity index (χ2v) is 6.42. The quantitative estimate of drug-likeness (QED) is 0.846. The molecule has 7 nitrogen and oxygen atoms in total. The number of hydrogen-bond acceptors (Lipinski definition) is 7. The van der Waals surface area contributed by atoms with Crippen LogP contribution in [-0.4, -0.2) is 54.4 Å². The van der Waals surface area contributed by atoms with Gasteiger partial charge in [-0.25, -0.2) is 4.98 Å². The number of nitriles is 1. The Labute approximate surface area is 153 Å². The van der Waals surface area contributed by atoms with Crippen LogP contribution in [0.25, 0.3) is 0 Å². The number of aliphatic hydroxyl groups is 1. The van der Waals surface area contributed by atoms with Crippen molar-refractivity contribution in [3.8, 4) is 11.9 Å². The van der Waals surface area contributed by atoms with Crippen LogP contribution in [0.2, 0.25) is 0 Å². The van der Waals surface area contributed by atoms with Gasteiger partial charge in [0.15, 0.2) is 0 Å². The minimum Gasteiger partial charge on any atom is -0.480 e. The molecule has 7 heteroatoms. The second kappa shape index (κ2) is 8.21. The zero-order valence-electron chi connectivity index (χ0n) is 15.2. The number of aryl methyl sites for hydroxylation is 1. The molecule has 138 valence electrons. The molecular weight excluding hydrogens is 332 g/mol. The number of pyridine rings is 1. The lowest BCUT2D eigenvalue weighted by molar-refractivity contribution is 0.127. The Bertz CT molecular complexity index is 783. The van der Waals surface area contributed by atoms with E-state index in [0.717, 1.165) is 43.4 Å². The van der Waals surface area contributed by atoms with Gasteiger partial charge in [-0.2, -0.15) is 5.26 Å². The van der Waals surface area contributed by atoms with Gasteiger partial charge in [-0.1, -0.05) is 0 Å². The molecule has 0 radical (unpaired) electrons. The number of hydrogen-bond donors (Lipinski definition) is 1. The number of nitrogens with zero attached hydrogens (tertiary/aromatic N) is 4. The third kappa shape index (κ3) is 3.82. The molecule has 0 unspecified atom stereocenters. The van der Waals surface area contributed by atoms with E-state index < -0.39 is 0 Å². The number of rotatable bonds is 6. The van der Waals surface area contributed by atoms with Crippen LogP contribution >= 0.6 is 0 Å². The lowest BCUT2D eigenvalue weighted by atomic mass is 10.1. The molecule has 1 fully saturated rings. The number of methoxy groups -OCH3 is 1. The Morgan fingerprint density at radius 1 is 1.38 bits per heavy atom. The third-order valence-corrected chi connectivity index (χ3v) is 4.76. The fourth-order valence-corrected chi connectivity index (χ4v) is 3.47. The first-order chi connectivity index (χ1) is 12.7. The average molecular weight is 356 g/mol. The molecule has 26 heavy (non-hydrogen) atoms. The van der Waals surface area contributed by atoms with Crippen LogP contribution in [-0.2, 0) is 6.54 Å². The Kier molecular flexibility index (Phi) is 5.76. The van der Waals surface area contributed by atoms with Crippen molar-refractivity contribution in [3.05, 3.63) is 41.5 Å². The maximum atomic E-state index is 9.52. The SMILES string of the molecule is COc1nccc(N2CCN(Cc3ccc(C)o3)[C@H](CCO)C2)c1C#N. The van der Waals surface area contributed by atoms with Gasteiger partial charge < -0.3 is 19.2 Å². The highest BCUT2D eigenvalue weighted by atomic mass is 16.5. The van der Waals surface area contributed by atoms with E-state index in [-0.39, 0.29) is 12.6 Å². The largest absolute Gasteiger partial charge is 0.480 e. The van der Waals surface area contributed by atoms with Gasteiger partial charge in [0.2, 0.25) is 5.88 Å². The molecular formula is C19H24N4O3. The highest BCUT2D eigenvalue weighted by molar-refractivity contribution is 5.63. The van der Waals surface area contributed by atoms with Crippen molar-refractivity contribution < 1.29 is 14.3 Å². The summed E-state index contributed by atoms with van der Waals surface area (Å²) in [6.07, 6.45) is 2.33. The lowest BCUT2D eigenvalue weighted by Gasteiger charge is -2.42. The van der Waals surface area contributed by atoms with Crippen LogP contribution in [0.1, 0.15) is 23.5 Å². The zero-order chi connectivity index (χ0) is 18.5. The van der Waals surface area contributed by atoms with Crippen molar-refractivity contribution in [1.29, 1.82) is 5.26 Å². The summed E-state index contributed by atoms with van der Waals surface area (Å²) in [5.74, 6) is 2.18. The lowest BCUT2D eigenvalue weighted by Crippen LogP contribution is -2.53. The molecule has 0 amide bonds. The number of ether oxygens (including phenoxy) is 1. The molecule has 1 aliphatic heterocycles. The monoisotopic (exact) mass is 356 g/mol. The van der Waals surface area contributed by atoms with Gasteiger partial charge in [-0.05, 0) is 31.5 Å². The number of aliphatic hydroxyl groups excluding tert-OH is 1. The van der Waals surface area contributed by atoms with Crippen molar-refractivity contribution in [3.63, 3.8) is 0 Å². The van der Waals surface area contributed by atoms with Gasteiger partial charge in [-0.3, -0.25) is 4.90 Å². The van der Waals surface area contributed by atoms with Gasteiger partial charge in [0.25, 0.3) is 0 Å². The Morgan fingerprint density at radius 2 is 2.23 bits per heavy atom. The van der Waals surface area contributed by atoms with Gasteiger partial charge in [0, 0.05) is 38.5 Å². The molecule has 0 aliphatic carbocycles. The summed E-state index contributed by atoms with van der Waals surface area (Å²) < 4.78 is 10.9. The fourth-order valence-electron chi connectivity index (χ4n) is 3.47. The molecule has 0 spiro atoms. The maximum Gasteiger partial charge on any atom is 0.233 e. The van der Waals surface area contributed by atoms with Crippen LogP contribution in [0.3, 0.4) is 0 Å². The van der Waals surface area contributed by atoms with Gasteiger partial charge in [0.05, 0.1) is 19.3 Å². The van der Waals surface area contributed by atoms with Crippen molar-refractivity contribution in [2.24, 2.45) is 0 Å².